The molecule has 1 aromatic carbocycles. The second kappa shape index (κ2) is 4.40. The van der Waals surface area contributed by atoms with E-state index in [0.29, 0.717) is 5.56 Å². The maximum atomic E-state index is 11.3. The summed E-state index contributed by atoms with van der Waals surface area (Å²) in [5.74, 6) is -0.585. The van der Waals surface area contributed by atoms with Crippen molar-refractivity contribution in [1.82, 2.24) is 0 Å². The van der Waals surface area contributed by atoms with Crippen molar-refractivity contribution < 1.29 is 10.0 Å². The van der Waals surface area contributed by atoms with E-state index in [9.17, 15) is 4.79 Å². The van der Waals surface area contributed by atoms with Crippen molar-refractivity contribution >= 4 is 22.6 Å². The number of hydrogen-bond donors (Lipinski definition) is 1. The number of ketones is 1. The summed E-state index contributed by atoms with van der Waals surface area (Å²) < 4.78 is 0. The number of halogens is 1. The van der Waals surface area contributed by atoms with Crippen LogP contribution in [0.1, 0.15) is 15.9 Å². The zero-order chi connectivity index (χ0) is 10.6. The highest BCUT2D eigenvalue weighted by Crippen LogP contribution is 2.06. The van der Waals surface area contributed by atoms with Gasteiger partial charge in [-0.3, -0.25) is 4.79 Å². The number of oxime groups is 1. The van der Waals surface area contributed by atoms with Crippen LogP contribution in [0.25, 0.3) is 0 Å². The molecule has 0 aliphatic heterocycles. The zero-order valence-electron chi connectivity index (χ0n) is 6.94. The van der Waals surface area contributed by atoms with E-state index in [1.54, 1.807) is 0 Å². The summed E-state index contributed by atoms with van der Waals surface area (Å²) in [6.07, 6.45) is 0. The summed E-state index contributed by atoms with van der Waals surface area (Å²) >= 11 is 5.31. The van der Waals surface area contributed by atoms with E-state index in [2.05, 4.69) is 5.16 Å². The van der Waals surface area contributed by atoms with Crippen molar-refractivity contribution in [2.75, 3.05) is 0 Å². The van der Waals surface area contributed by atoms with E-state index in [-0.39, 0.29) is 5.56 Å². The molecule has 70 valence electrons. The second-order valence-corrected chi connectivity index (χ2v) is 2.77. The Morgan fingerprint density at radius 3 is 2.43 bits per heavy atom. The van der Waals surface area contributed by atoms with Gasteiger partial charge in [0.05, 0.1) is 11.6 Å². The first-order valence-corrected chi connectivity index (χ1v) is 3.99. The average Bonchev–Trinajstić information content (AvgIpc) is 2.27. The largest absolute Gasteiger partial charge is 0.410 e. The molecule has 0 radical (unpaired) electrons. The van der Waals surface area contributed by atoms with Gasteiger partial charge < -0.3 is 5.21 Å². The molecule has 0 saturated heterocycles. The molecule has 0 unspecified atom stereocenters. The third-order valence-electron chi connectivity index (χ3n) is 1.55. The summed E-state index contributed by atoms with van der Waals surface area (Å²) in [5, 5.41) is 18.8. The lowest BCUT2D eigenvalue weighted by atomic mass is 10.1. The number of rotatable bonds is 2. The molecule has 14 heavy (non-hydrogen) atoms. The molecule has 4 nitrogen and oxygen atoms in total. The van der Waals surface area contributed by atoms with Gasteiger partial charge in [0.25, 0.3) is 0 Å². The Morgan fingerprint density at radius 2 is 2.00 bits per heavy atom. The van der Waals surface area contributed by atoms with E-state index in [1.165, 1.54) is 24.3 Å². The molecular formula is C9H5ClN2O2. The Hall–Kier alpha value is -1.86. The predicted octanol–water partition coefficient (Wildman–Crippen LogP) is 1.77. The SMILES string of the molecule is N#Cc1ccc(C(=O)/C(Cl)=N/O)cc1. The topological polar surface area (TPSA) is 73.5 Å². The highest BCUT2D eigenvalue weighted by atomic mass is 35.5. The van der Waals surface area contributed by atoms with Gasteiger partial charge in [0, 0.05) is 5.56 Å². The van der Waals surface area contributed by atoms with Gasteiger partial charge >= 0.3 is 0 Å². The fourth-order valence-corrected chi connectivity index (χ4v) is 0.970. The van der Waals surface area contributed by atoms with Crippen molar-refractivity contribution in [3.8, 4) is 6.07 Å². The van der Waals surface area contributed by atoms with Crippen molar-refractivity contribution in [2.45, 2.75) is 0 Å². The fraction of sp³-hybridized carbons (Fsp3) is 0. The van der Waals surface area contributed by atoms with E-state index < -0.39 is 11.0 Å². The molecule has 0 aromatic heterocycles. The molecule has 1 rings (SSSR count). The van der Waals surface area contributed by atoms with Crippen molar-refractivity contribution in [3.63, 3.8) is 0 Å². The number of hydrogen-bond acceptors (Lipinski definition) is 4. The number of benzene rings is 1. The first-order chi connectivity index (χ1) is 6.69. The summed E-state index contributed by atoms with van der Waals surface area (Å²) in [5.41, 5.74) is 0.713. The molecule has 0 saturated carbocycles. The lowest BCUT2D eigenvalue weighted by molar-refractivity contribution is 0.106. The van der Waals surface area contributed by atoms with Gasteiger partial charge in [-0.2, -0.15) is 5.26 Å². The van der Waals surface area contributed by atoms with Crippen LogP contribution in [0.2, 0.25) is 0 Å². The third kappa shape index (κ3) is 2.09. The van der Waals surface area contributed by atoms with Gasteiger partial charge in [0.2, 0.25) is 11.0 Å². The highest BCUT2D eigenvalue weighted by molar-refractivity contribution is 6.84. The van der Waals surface area contributed by atoms with Crippen LogP contribution in [0.5, 0.6) is 0 Å². The van der Waals surface area contributed by atoms with Crippen LogP contribution < -0.4 is 0 Å². The summed E-state index contributed by atoms with van der Waals surface area (Å²) in [6.45, 7) is 0. The van der Waals surface area contributed by atoms with Gasteiger partial charge in [0.1, 0.15) is 0 Å². The van der Waals surface area contributed by atoms with Crippen molar-refractivity contribution in [3.05, 3.63) is 35.4 Å². The van der Waals surface area contributed by atoms with Crippen LogP contribution in [0, 0.1) is 11.3 Å². The minimum atomic E-state index is -0.585. The van der Waals surface area contributed by atoms with Crippen LogP contribution in [0.15, 0.2) is 29.4 Å². The van der Waals surface area contributed by atoms with Crippen LogP contribution >= 0.6 is 11.6 Å². The monoisotopic (exact) mass is 208 g/mol. The lowest BCUT2D eigenvalue weighted by Gasteiger charge is -1.96. The van der Waals surface area contributed by atoms with Gasteiger partial charge in [-0.05, 0) is 24.3 Å². The van der Waals surface area contributed by atoms with E-state index >= 15 is 0 Å². The van der Waals surface area contributed by atoms with Gasteiger partial charge in [-0.15, -0.1) is 0 Å². The molecule has 0 spiro atoms. The Balaban J connectivity index is 3.00. The summed E-state index contributed by atoms with van der Waals surface area (Å²) in [6, 6.07) is 7.75. The number of carbonyl (C=O) groups is 1. The molecule has 5 heteroatoms. The quantitative estimate of drug-likeness (QED) is 0.348. The maximum Gasteiger partial charge on any atom is 0.226 e. The van der Waals surface area contributed by atoms with Gasteiger partial charge in [-0.25, -0.2) is 0 Å². The Bertz CT molecular complexity index is 417. The first kappa shape index (κ1) is 10.2. The molecule has 0 aliphatic carbocycles. The fourth-order valence-electron chi connectivity index (χ4n) is 0.861. The Kier molecular flexibility index (Phi) is 3.21. The smallest absolute Gasteiger partial charge is 0.226 e. The van der Waals surface area contributed by atoms with Crippen molar-refractivity contribution in [1.29, 1.82) is 5.26 Å². The summed E-state index contributed by atoms with van der Waals surface area (Å²) in [7, 11) is 0. The molecular weight excluding hydrogens is 204 g/mol. The molecule has 0 amide bonds. The van der Waals surface area contributed by atoms with Gasteiger partial charge in [-0.1, -0.05) is 16.8 Å². The Labute approximate surface area is 85.0 Å². The van der Waals surface area contributed by atoms with Crippen LogP contribution in [-0.4, -0.2) is 16.2 Å². The predicted molar refractivity (Wildman–Crippen MR) is 50.6 cm³/mol. The molecule has 0 aliphatic rings. The second-order valence-electron chi connectivity index (χ2n) is 2.41. The van der Waals surface area contributed by atoms with Crippen LogP contribution in [0.4, 0.5) is 0 Å². The first-order valence-electron chi connectivity index (χ1n) is 3.61. The zero-order valence-corrected chi connectivity index (χ0v) is 7.69. The highest BCUT2D eigenvalue weighted by Gasteiger charge is 2.11. The molecule has 0 bridgehead atoms. The van der Waals surface area contributed by atoms with E-state index in [0.717, 1.165) is 0 Å². The number of carbonyl (C=O) groups excluding carboxylic acids is 1. The van der Waals surface area contributed by atoms with Crippen LogP contribution in [-0.2, 0) is 0 Å². The molecule has 0 atom stereocenters. The molecule has 0 heterocycles. The molecule has 1 aromatic rings. The van der Waals surface area contributed by atoms with Gasteiger partial charge in [0.15, 0.2) is 0 Å². The molecule has 0 fully saturated rings. The minimum absolute atomic E-state index is 0.270. The average molecular weight is 209 g/mol. The number of nitrogens with zero attached hydrogens (tertiary/aromatic N) is 2. The number of Topliss-reactive ketones (excluding diaryl/α,β-unsaturated/α-hetero) is 1. The van der Waals surface area contributed by atoms with E-state index in [4.69, 9.17) is 22.1 Å². The standard InChI is InChI=1S/C9H5ClN2O2/c10-9(12-14)8(13)7-3-1-6(5-11)2-4-7/h1-4,14H/b12-9-. The van der Waals surface area contributed by atoms with Crippen molar-refractivity contribution in [2.24, 2.45) is 5.16 Å². The number of nitriles is 1. The minimum Gasteiger partial charge on any atom is -0.410 e. The third-order valence-corrected chi connectivity index (χ3v) is 1.80. The Morgan fingerprint density at radius 1 is 1.43 bits per heavy atom. The molecule has 1 N–H and O–H groups in total. The lowest BCUT2D eigenvalue weighted by Crippen LogP contribution is -2.07. The summed E-state index contributed by atoms with van der Waals surface area (Å²) in [4.78, 5) is 11.3. The van der Waals surface area contributed by atoms with Crippen LogP contribution in [0.3, 0.4) is 0 Å². The maximum absolute atomic E-state index is 11.3. The normalized spacial score (nSPS) is 10.7. The van der Waals surface area contributed by atoms with E-state index in [1.807, 2.05) is 6.07 Å².